The molecule has 0 bridgehead atoms. The van der Waals surface area contributed by atoms with E-state index in [0.717, 1.165) is 0 Å². The highest BCUT2D eigenvalue weighted by atomic mass is 35.5. The molecule has 0 saturated carbocycles. The van der Waals surface area contributed by atoms with Gasteiger partial charge < -0.3 is 9.47 Å². The van der Waals surface area contributed by atoms with E-state index in [1.165, 1.54) is 31.4 Å². The van der Waals surface area contributed by atoms with Crippen LogP contribution in [0, 0.1) is 0 Å². The zero-order valence-electron chi connectivity index (χ0n) is 10.3. The van der Waals surface area contributed by atoms with Gasteiger partial charge in [-0.05, 0) is 42.3 Å². The molecule has 5 nitrogen and oxygen atoms in total. The van der Waals surface area contributed by atoms with Gasteiger partial charge in [0.15, 0.2) is 0 Å². The van der Waals surface area contributed by atoms with E-state index in [1.807, 2.05) is 0 Å². The van der Waals surface area contributed by atoms with Crippen molar-refractivity contribution in [2.75, 3.05) is 7.11 Å². The van der Waals surface area contributed by atoms with Crippen molar-refractivity contribution in [3.63, 3.8) is 0 Å². The minimum Gasteiger partial charge on any atom is -0.465 e. The lowest BCUT2D eigenvalue weighted by molar-refractivity contribution is -0.134. The Morgan fingerprint density at radius 1 is 1.11 bits per heavy atom. The van der Waals surface area contributed by atoms with Crippen molar-refractivity contribution in [3.8, 4) is 5.75 Å². The molecule has 6 heteroatoms. The number of esters is 2. The first-order chi connectivity index (χ1) is 9.02. The summed E-state index contributed by atoms with van der Waals surface area (Å²) in [6.07, 6.45) is 0.594. The van der Waals surface area contributed by atoms with E-state index in [9.17, 15) is 14.4 Å². The molecule has 0 amide bonds. The maximum Gasteiger partial charge on any atom is 0.337 e. The molecule has 1 rings (SSSR count). The molecule has 1 aromatic rings. The Bertz CT molecular complexity index is 466. The van der Waals surface area contributed by atoms with Gasteiger partial charge >= 0.3 is 11.9 Å². The third kappa shape index (κ3) is 5.52. The van der Waals surface area contributed by atoms with Crippen LogP contribution >= 0.6 is 11.6 Å². The van der Waals surface area contributed by atoms with Crippen LogP contribution in [0.2, 0.25) is 0 Å². The van der Waals surface area contributed by atoms with Crippen molar-refractivity contribution in [2.24, 2.45) is 0 Å². The SMILES string of the molecule is COC(=O)c1ccc(OC(=O)CCCC(=O)Cl)cc1. The van der Waals surface area contributed by atoms with Crippen molar-refractivity contribution in [3.05, 3.63) is 29.8 Å². The molecule has 0 atom stereocenters. The summed E-state index contributed by atoms with van der Waals surface area (Å²) in [5, 5.41) is -0.477. The first-order valence-corrected chi connectivity index (χ1v) is 5.98. The predicted octanol–water partition coefficient (Wildman–Crippen LogP) is 2.31. The third-order valence-electron chi connectivity index (χ3n) is 2.26. The van der Waals surface area contributed by atoms with Crippen molar-refractivity contribution in [2.45, 2.75) is 19.3 Å². The van der Waals surface area contributed by atoms with Gasteiger partial charge in [-0.2, -0.15) is 0 Å². The largest absolute Gasteiger partial charge is 0.465 e. The fraction of sp³-hybridized carbons (Fsp3) is 0.308. The molecular weight excluding hydrogens is 272 g/mol. The number of methoxy groups -OCH3 is 1. The normalized spacial score (nSPS) is 9.79. The van der Waals surface area contributed by atoms with Crippen LogP contribution in [0.1, 0.15) is 29.6 Å². The predicted molar refractivity (Wildman–Crippen MR) is 68.1 cm³/mol. The van der Waals surface area contributed by atoms with E-state index in [1.54, 1.807) is 0 Å². The zero-order valence-corrected chi connectivity index (χ0v) is 11.1. The second kappa shape index (κ2) is 7.53. The second-order valence-corrected chi connectivity index (χ2v) is 4.12. The number of hydrogen-bond acceptors (Lipinski definition) is 5. The first kappa shape index (κ1) is 15.2. The van der Waals surface area contributed by atoms with Crippen molar-refractivity contribution < 1.29 is 23.9 Å². The lowest BCUT2D eigenvalue weighted by Gasteiger charge is -2.04. The maximum absolute atomic E-state index is 11.4. The topological polar surface area (TPSA) is 69.7 Å². The van der Waals surface area contributed by atoms with Gasteiger partial charge in [-0.25, -0.2) is 4.79 Å². The van der Waals surface area contributed by atoms with Gasteiger partial charge in [0.25, 0.3) is 0 Å². The summed E-state index contributed by atoms with van der Waals surface area (Å²) in [7, 11) is 1.29. The van der Waals surface area contributed by atoms with Crippen LogP contribution < -0.4 is 4.74 Å². The average molecular weight is 285 g/mol. The summed E-state index contributed by atoms with van der Waals surface area (Å²) >= 11 is 5.15. The molecule has 0 heterocycles. The van der Waals surface area contributed by atoms with Gasteiger partial charge in [-0.1, -0.05) is 0 Å². The van der Waals surface area contributed by atoms with Crippen LogP contribution in [0.15, 0.2) is 24.3 Å². The van der Waals surface area contributed by atoms with Crippen LogP contribution in [0.25, 0.3) is 0 Å². The van der Waals surface area contributed by atoms with E-state index in [2.05, 4.69) is 4.74 Å². The Kier molecular flexibility index (Phi) is 6.02. The fourth-order valence-corrected chi connectivity index (χ4v) is 1.46. The van der Waals surface area contributed by atoms with E-state index in [4.69, 9.17) is 16.3 Å². The molecule has 0 aliphatic carbocycles. The van der Waals surface area contributed by atoms with Gasteiger partial charge in [0.1, 0.15) is 5.75 Å². The highest BCUT2D eigenvalue weighted by Gasteiger charge is 2.08. The highest BCUT2D eigenvalue weighted by Crippen LogP contribution is 2.14. The van der Waals surface area contributed by atoms with Gasteiger partial charge in [0, 0.05) is 12.8 Å². The monoisotopic (exact) mass is 284 g/mol. The molecule has 0 spiro atoms. The van der Waals surface area contributed by atoms with E-state index in [-0.39, 0.29) is 12.8 Å². The highest BCUT2D eigenvalue weighted by molar-refractivity contribution is 6.63. The van der Waals surface area contributed by atoms with Crippen LogP contribution in [-0.4, -0.2) is 24.3 Å². The number of carbonyl (C=O) groups excluding carboxylic acids is 3. The van der Waals surface area contributed by atoms with Gasteiger partial charge in [-0.3, -0.25) is 9.59 Å². The Labute approximate surface area is 115 Å². The molecular formula is C13H13ClO5. The molecule has 0 fully saturated rings. The summed E-state index contributed by atoms with van der Waals surface area (Å²) in [5.74, 6) is -0.586. The molecule has 0 aliphatic heterocycles. The van der Waals surface area contributed by atoms with E-state index in [0.29, 0.717) is 17.7 Å². The van der Waals surface area contributed by atoms with Crippen LogP contribution in [0.4, 0.5) is 0 Å². The summed E-state index contributed by atoms with van der Waals surface area (Å²) < 4.78 is 9.56. The van der Waals surface area contributed by atoms with Gasteiger partial charge in [-0.15, -0.1) is 0 Å². The second-order valence-electron chi connectivity index (χ2n) is 3.70. The molecule has 19 heavy (non-hydrogen) atoms. The van der Waals surface area contributed by atoms with E-state index >= 15 is 0 Å². The van der Waals surface area contributed by atoms with Gasteiger partial charge in [0.2, 0.25) is 5.24 Å². The maximum atomic E-state index is 11.4. The average Bonchev–Trinajstić information content (AvgIpc) is 2.38. The Morgan fingerprint density at radius 3 is 2.26 bits per heavy atom. The quantitative estimate of drug-likeness (QED) is 0.455. The smallest absolute Gasteiger partial charge is 0.337 e. The Balaban J connectivity index is 2.46. The molecule has 102 valence electrons. The van der Waals surface area contributed by atoms with Crippen molar-refractivity contribution in [1.29, 1.82) is 0 Å². The minimum atomic E-state index is -0.477. The van der Waals surface area contributed by atoms with Crippen LogP contribution in [-0.2, 0) is 14.3 Å². The summed E-state index contributed by atoms with van der Waals surface area (Å²) in [6, 6.07) is 5.99. The van der Waals surface area contributed by atoms with Crippen molar-refractivity contribution in [1.82, 2.24) is 0 Å². The lowest BCUT2D eigenvalue weighted by atomic mass is 10.2. The Morgan fingerprint density at radius 2 is 1.74 bits per heavy atom. The van der Waals surface area contributed by atoms with Crippen LogP contribution in [0.3, 0.4) is 0 Å². The van der Waals surface area contributed by atoms with Gasteiger partial charge in [0.05, 0.1) is 12.7 Å². The summed E-state index contributed by atoms with van der Waals surface area (Å²) in [6.45, 7) is 0. The van der Waals surface area contributed by atoms with E-state index < -0.39 is 17.2 Å². The standard InChI is InChI=1S/C13H13ClO5/c1-18-13(17)9-5-7-10(8-6-9)19-12(16)4-2-3-11(14)15/h5-8H,2-4H2,1H3. The number of halogens is 1. The summed E-state index contributed by atoms with van der Waals surface area (Å²) in [4.78, 5) is 33.1. The zero-order chi connectivity index (χ0) is 14.3. The minimum absolute atomic E-state index is 0.108. The molecule has 0 unspecified atom stereocenters. The molecule has 0 aromatic heterocycles. The number of rotatable bonds is 6. The number of hydrogen-bond donors (Lipinski definition) is 0. The van der Waals surface area contributed by atoms with Crippen LogP contribution in [0.5, 0.6) is 5.75 Å². The fourth-order valence-electron chi connectivity index (χ4n) is 1.33. The molecule has 0 N–H and O–H groups in total. The summed E-state index contributed by atoms with van der Waals surface area (Å²) in [5.41, 5.74) is 0.370. The number of ether oxygens (including phenoxy) is 2. The molecule has 0 saturated heterocycles. The third-order valence-corrected chi connectivity index (χ3v) is 2.45. The Hall–Kier alpha value is -1.88. The molecule has 0 aliphatic rings. The molecule has 0 radical (unpaired) electrons. The number of benzene rings is 1. The molecule has 1 aromatic carbocycles. The number of carbonyl (C=O) groups is 3. The van der Waals surface area contributed by atoms with Crippen molar-refractivity contribution >= 4 is 28.8 Å². The first-order valence-electron chi connectivity index (χ1n) is 5.60. The lowest BCUT2D eigenvalue weighted by Crippen LogP contribution is -2.08.